The highest BCUT2D eigenvalue weighted by Crippen LogP contribution is 2.41. The molecule has 2 fully saturated rings. The molecule has 1 aromatic heterocycles. The van der Waals surface area contributed by atoms with Crippen LogP contribution >= 0.6 is 0 Å². The van der Waals surface area contributed by atoms with Gasteiger partial charge in [-0.3, -0.25) is 9.58 Å². The number of likely N-dealkylation sites (tertiary alicyclic amines) is 1. The van der Waals surface area contributed by atoms with E-state index in [2.05, 4.69) is 35.2 Å². The number of aromatic nitrogens is 2. The molecule has 0 radical (unpaired) electrons. The fourth-order valence-electron chi connectivity index (χ4n) is 5.38. The zero-order chi connectivity index (χ0) is 23.9. The lowest BCUT2D eigenvalue weighted by Gasteiger charge is -2.52. The Balaban J connectivity index is 1.53. The molecule has 4 rings (SSSR count). The van der Waals surface area contributed by atoms with Gasteiger partial charge in [-0.1, -0.05) is 0 Å². The van der Waals surface area contributed by atoms with Gasteiger partial charge in [-0.25, -0.2) is 0 Å². The zero-order valence-corrected chi connectivity index (χ0v) is 18.6. The minimum atomic E-state index is -4.42. The molecule has 10 heteroatoms. The van der Waals surface area contributed by atoms with E-state index in [1.165, 1.54) is 18.6 Å². The molecule has 2 aliphatic rings. The first kappa shape index (κ1) is 23.5. The van der Waals surface area contributed by atoms with Gasteiger partial charge in [-0.05, 0) is 63.8 Å². The van der Waals surface area contributed by atoms with Crippen LogP contribution in [0, 0.1) is 17.2 Å². The van der Waals surface area contributed by atoms with Gasteiger partial charge in [0.05, 0.1) is 29.2 Å². The van der Waals surface area contributed by atoms with Crippen molar-refractivity contribution in [2.75, 3.05) is 5.32 Å². The number of aliphatic hydroxyl groups is 1. The molecule has 2 aromatic rings. The molecule has 0 bridgehead atoms. The average molecular weight is 463 g/mol. The van der Waals surface area contributed by atoms with Crippen LogP contribution in [-0.2, 0) is 6.18 Å². The van der Waals surface area contributed by atoms with Crippen molar-refractivity contribution in [1.82, 2.24) is 14.7 Å². The SMILES string of the molecule is C[C@H]1C[C@H](C)N1[C@@H]1CC[C@H](n2cc(C(N)O)c(Nc3ccc(C(F)(F)F)cc3)n2)[C@@H](C#N)C1. The number of anilines is 2. The van der Waals surface area contributed by atoms with Gasteiger partial charge in [0.1, 0.15) is 6.23 Å². The first-order chi connectivity index (χ1) is 15.6. The number of alkyl halides is 3. The van der Waals surface area contributed by atoms with Crippen LogP contribution in [0.4, 0.5) is 24.7 Å². The maximum atomic E-state index is 12.8. The minimum Gasteiger partial charge on any atom is -0.374 e. The summed E-state index contributed by atoms with van der Waals surface area (Å²) in [6.45, 7) is 4.43. The molecule has 7 nitrogen and oxygen atoms in total. The van der Waals surface area contributed by atoms with Gasteiger partial charge in [0.25, 0.3) is 0 Å². The monoisotopic (exact) mass is 462 g/mol. The molecule has 1 aliphatic heterocycles. The molecule has 0 amide bonds. The third-order valence-corrected chi connectivity index (χ3v) is 6.97. The van der Waals surface area contributed by atoms with E-state index in [1.807, 2.05) is 0 Å². The molecule has 4 N–H and O–H groups in total. The number of nitriles is 1. The van der Waals surface area contributed by atoms with Crippen molar-refractivity contribution in [2.45, 2.75) is 76.1 Å². The van der Waals surface area contributed by atoms with Crippen molar-refractivity contribution >= 4 is 11.5 Å². The third kappa shape index (κ3) is 4.71. The second-order valence-corrected chi connectivity index (χ2v) is 9.21. The highest BCUT2D eigenvalue weighted by Gasteiger charge is 2.42. The molecule has 33 heavy (non-hydrogen) atoms. The number of hydrogen-bond acceptors (Lipinski definition) is 6. The average Bonchev–Trinajstić information content (AvgIpc) is 3.17. The Bertz CT molecular complexity index is 1000. The second kappa shape index (κ2) is 8.97. The molecule has 1 aromatic carbocycles. The highest BCUT2D eigenvalue weighted by molar-refractivity contribution is 5.60. The Kier molecular flexibility index (Phi) is 6.40. The van der Waals surface area contributed by atoms with Crippen molar-refractivity contribution < 1.29 is 18.3 Å². The molecule has 1 saturated carbocycles. The summed E-state index contributed by atoms with van der Waals surface area (Å²) in [5, 5.41) is 27.4. The summed E-state index contributed by atoms with van der Waals surface area (Å²) < 4.78 is 40.2. The van der Waals surface area contributed by atoms with E-state index in [0.717, 1.165) is 31.4 Å². The minimum absolute atomic E-state index is 0.168. The Morgan fingerprint density at radius 3 is 2.39 bits per heavy atom. The Morgan fingerprint density at radius 1 is 1.18 bits per heavy atom. The molecule has 2 heterocycles. The van der Waals surface area contributed by atoms with Crippen LogP contribution in [0.3, 0.4) is 0 Å². The lowest BCUT2D eigenvalue weighted by Crippen LogP contribution is -2.59. The number of aliphatic hydroxyl groups excluding tert-OH is 1. The quantitative estimate of drug-likeness (QED) is 0.572. The largest absolute Gasteiger partial charge is 0.416 e. The summed E-state index contributed by atoms with van der Waals surface area (Å²) in [5.41, 5.74) is 5.67. The Labute approximate surface area is 191 Å². The van der Waals surface area contributed by atoms with Gasteiger partial charge in [-0.15, -0.1) is 0 Å². The maximum Gasteiger partial charge on any atom is 0.416 e. The molecule has 178 valence electrons. The highest BCUT2D eigenvalue weighted by atomic mass is 19.4. The van der Waals surface area contributed by atoms with E-state index in [1.54, 1.807) is 10.9 Å². The van der Waals surface area contributed by atoms with E-state index in [-0.39, 0.29) is 17.8 Å². The lowest BCUT2D eigenvalue weighted by molar-refractivity contribution is -0.137. The van der Waals surface area contributed by atoms with Crippen molar-refractivity contribution in [3.63, 3.8) is 0 Å². The molecule has 0 spiro atoms. The molecular formula is C23H29F3N6O. The van der Waals surface area contributed by atoms with Gasteiger partial charge in [0, 0.05) is 30.0 Å². The molecular weight excluding hydrogens is 433 g/mol. The van der Waals surface area contributed by atoms with Gasteiger partial charge < -0.3 is 16.2 Å². The Hall–Kier alpha value is -2.61. The number of hydrogen-bond donors (Lipinski definition) is 3. The molecule has 1 saturated heterocycles. The second-order valence-electron chi connectivity index (χ2n) is 9.21. The smallest absolute Gasteiger partial charge is 0.374 e. The normalized spacial score (nSPS) is 29.2. The number of benzene rings is 1. The summed E-state index contributed by atoms with van der Waals surface area (Å²) in [6.07, 6.45) is -0.489. The van der Waals surface area contributed by atoms with Crippen LogP contribution in [0.1, 0.15) is 62.9 Å². The van der Waals surface area contributed by atoms with Gasteiger partial charge >= 0.3 is 6.18 Å². The van der Waals surface area contributed by atoms with E-state index in [9.17, 15) is 23.5 Å². The van der Waals surface area contributed by atoms with Gasteiger partial charge in [0.15, 0.2) is 5.82 Å². The molecule has 1 unspecified atom stereocenters. The summed E-state index contributed by atoms with van der Waals surface area (Å²) in [4.78, 5) is 2.50. The predicted octanol–water partition coefficient (Wildman–Crippen LogP) is 4.31. The van der Waals surface area contributed by atoms with Crippen molar-refractivity contribution in [1.29, 1.82) is 5.26 Å². The van der Waals surface area contributed by atoms with Crippen molar-refractivity contribution in [3.8, 4) is 6.07 Å². The molecule has 1 aliphatic carbocycles. The van der Waals surface area contributed by atoms with Gasteiger partial charge in [0.2, 0.25) is 0 Å². The molecule has 6 atom stereocenters. The van der Waals surface area contributed by atoms with E-state index in [0.29, 0.717) is 29.4 Å². The van der Waals surface area contributed by atoms with Crippen molar-refractivity contribution in [3.05, 3.63) is 41.6 Å². The number of nitrogens with two attached hydrogens (primary N) is 1. The number of nitrogens with one attached hydrogen (secondary N) is 1. The van der Waals surface area contributed by atoms with E-state index >= 15 is 0 Å². The summed E-state index contributed by atoms with van der Waals surface area (Å²) >= 11 is 0. The van der Waals surface area contributed by atoms with Crippen molar-refractivity contribution in [2.24, 2.45) is 11.7 Å². The summed E-state index contributed by atoms with van der Waals surface area (Å²) in [7, 11) is 0. The number of rotatable bonds is 5. The van der Waals surface area contributed by atoms with Crippen LogP contribution in [-0.4, -0.2) is 37.9 Å². The fourth-order valence-corrected chi connectivity index (χ4v) is 5.38. The summed E-state index contributed by atoms with van der Waals surface area (Å²) in [5.74, 6) is 0.0129. The van der Waals surface area contributed by atoms with E-state index in [4.69, 9.17) is 5.73 Å². The third-order valence-electron chi connectivity index (χ3n) is 6.97. The standard InChI is InChI=1S/C23H29F3N6O/c1-13-9-14(2)32(13)18-7-8-20(15(10-18)11-27)31-12-19(21(28)33)22(30-31)29-17-5-3-16(4-6-17)23(24,25)26/h3-6,12-15,18,20-21,33H,7-10,28H2,1-2H3,(H,29,30)/t13-,14-,15+,18+,20-,21?/m0/s1. The number of nitrogens with zero attached hydrogens (tertiary/aromatic N) is 4. The topological polar surface area (TPSA) is 103 Å². The number of halogens is 3. The first-order valence-electron chi connectivity index (χ1n) is 11.2. The van der Waals surface area contributed by atoms with Crippen LogP contribution in [0.25, 0.3) is 0 Å². The van der Waals surface area contributed by atoms with Crippen LogP contribution in [0.5, 0.6) is 0 Å². The lowest BCUT2D eigenvalue weighted by atomic mass is 9.78. The van der Waals surface area contributed by atoms with Crippen LogP contribution in [0.15, 0.2) is 30.5 Å². The van der Waals surface area contributed by atoms with Crippen LogP contribution < -0.4 is 11.1 Å². The summed E-state index contributed by atoms with van der Waals surface area (Å²) in [6, 6.07) is 8.24. The van der Waals surface area contributed by atoms with Crippen LogP contribution in [0.2, 0.25) is 0 Å². The Morgan fingerprint density at radius 2 is 1.85 bits per heavy atom. The maximum absolute atomic E-state index is 12.8. The zero-order valence-electron chi connectivity index (χ0n) is 18.6. The fraction of sp³-hybridized carbons (Fsp3) is 0.565. The first-order valence-corrected chi connectivity index (χ1v) is 11.2. The van der Waals surface area contributed by atoms with Gasteiger partial charge in [-0.2, -0.15) is 23.5 Å². The predicted molar refractivity (Wildman–Crippen MR) is 117 cm³/mol. The van der Waals surface area contributed by atoms with E-state index < -0.39 is 18.0 Å².